The molecule has 0 atom stereocenters. The highest BCUT2D eigenvalue weighted by Gasteiger charge is 2.44. The fourth-order valence-electron chi connectivity index (χ4n) is 2.23. The molecule has 0 N–H and O–H groups in total. The van der Waals surface area contributed by atoms with Crippen LogP contribution in [-0.2, 0) is 10.2 Å². The van der Waals surface area contributed by atoms with Gasteiger partial charge in [-0.05, 0) is 50.5 Å². The molecule has 1 fully saturated rings. The maximum absolute atomic E-state index is 11.0. The predicted octanol–water partition coefficient (Wildman–Crippen LogP) is 4.17. The first-order valence-electron chi connectivity index (χ1n) is 7.55. The molecular weight excluding hydrogens is 296 g/mol. The van der Waals surface area contributed by atoms with E-state index in [1.54, 1.807) is 18.7 Å². The predicted molar refractivity (Wildman–Crippen MR) is 87.1 cm³/mol. The summed E-state index contributed by atoms with van der Waals surface area (Å²) in [5.74, 6) is 2.39. The van der Waals surface area contributed by atoms with E-state index in [1.807, 2.05) is 6.07 Å². The van der Waals surface area contributed by atoms with E-state index in [0.717, 1.165) is 30.0 Å². The minimum absolute atomic E-state index is 0.1000. The Morgan fingerprint density at radius 3 is 2.77 bits per heavy atom. The van der Waals surface area contributed by atoms with Gasteiger partial charge >= 0.3 is 0 Å². The molecule has 1 aliphatic carbocycles. The van der Waals surface area contributed by atoms with E-state index < -0.39 is 0 Å². The van der Waals surface area contributed by atoms with Crippen LogP contribution in [0.15, 0.2) is 27.5 Å². The molecular formula is C17H20N2O2S. The summed E-state index contributed by atoms with van der Waals surface area (Å²) >= 11 is 1.71. The van der Waals surface area contributed by atoms with Crippen molar-refractivity contribution in [2.24, 2.45) is 0 Å². The van der Waals surface area contributed by atoms with Crippen molar-refractivity contribution in [3.05, 3.63) is 29.7 Å². The summed E-state index contributed by atoms with van der Waals surface area (Å²) in [6.07, 6.45) is 2.86. The maximum atomic E-state index is 11.0. The largest absolute Gasteiger partial charge is 0.420 e. The number of nitrogens with zero attached hydrogens (tertiary/aromatic N) is 2. The first-order valence-corrected chi connectivity index (χ1v) is 8.54. The zero-order valence-electron chi connectivity index (χ0n) is 13.2. The highest BCUT2D eigenvalue weighted by molar-refractivity contribution is 7.99. The van der Waals surface area contributed by atoms with Gasteiger partial charge in [0.25, 0.3) is 0 Å². The molecule has 1 saturated carbocycles. The Morgan fingerprint density at radius 1 is 1.36 bits per heavy atom. The molecule has 3 rings (SSSR count). The molecule has 4 nitrogen and oxygen atoms in total. The number of aromatic nitrogens is 2. The smallest absolute Gasteiger partial charge is 0.247 e. The van der Waals surface area contributed by atoms with Gasteiger partial charge in [0.05, 0.1) is 0 Å². The summed E-state index contributed by atoms with van der Waals surface area (Å²) in [7, 11) is 0. The van der Waals surface area contributed by atoms with E-state index in [0.29, 0.717) is 12.3 Å². The number of carbonyl (C=O) groups is 1. The lowest BCUT2D eigenvalue weighted by atomic mass is 10.1. The third-order valence-corrected chi connectivity index (χ3v) is 5.25. The van der Waals surface area contributed by atoms with Crippen LogP contribution < -0.4 is 0 Å². The SMILES string of the molecule is CC(=O)CCSc1ccc(-c2nnc(C3(C)CC3)o2)cc1C. The monoisotopic (exact) mass is 316 g/mol. The Bertz CT molecular complexity index is 704. The molecule has 1 aliphatic rings. The van der Waals surface area contributed by atoms with Crippen molar-refractivity contribution in [2.75, 3.05) is 5.75 Å². The molecule has 1 aromatic carbocycles. The number of ketones is 1. The second-order valence-electron chi connectivity index (χ2n) is 6.25. The quantitative estimate of drug-likeness (QED) is 0.749. The van der Waals surface area contributed by atoms with Gasteiger partial charge in [0.15, 0.2) is 0 Å². The third-order valence-electron chi connectivity index (χ3n) is 4.07. The van der Waals surface area contributed by atoms with Crippen LogP contribution in [0.4, 0.5) is 0 Å². The van der Waals surface area contributed by atoms with Gasteiger partial charge in [0, 0.05) is 28.0 Å². The lowest BCUT2D eigenvalue weighted by molar-refractivity contribution is -0.116. The minimum Gasteiger partial charge on any atom is -0.420 e. The van der Waals surface area contributed by atoms with E-state index in [9.17, 15) is 4.79 Å². The van der Waals surface area contributed by atoms with E-state index in [-0.39, 0.29) is 11.2 Å². The standard InChI is InChI=1S/C17H20N2O2S/c1-11-10-13(4-5-14(11)22-9-6-12(2)20)15-18-19-16(21-15)17(3)7-8-17/h4-5,10H,6-9H2,1-3H3. The minimum atomic E-state index is 0.1000. The molecule has 0 unspecified atom stereocenters. The molecule has 0 radical (unpaired) electrons. The molecule has 0 amide bonds. The van der Waals surface area contributed by atoms with Crippen LogP contribution >= 0.6 is 11.8 Å². The van der Waals surface area contributed by atoms with Crippen LogP contribution in [-0.4, -0.2) is 21.7 Å². The molecule has 2 aromatic rings. The number of hydrogen-bond donors (Lipinski definition) is 0. The first kappa shape index (κ1) is 15.3. The number of rotatable bonds is 6. The molecule has 5 heteroatoms. The van der Waals surface area contributed by atoms with E-state index >= 15 is 0 Å². The van der Waals surface area contributed by atoms with Gasteiger partial charge in [-0.25, -0.2) is 0 Å². The van der Waals surface area contributed by atoms with Gasteiger partial charge in [-0.3, -0.25) is 4.79 Å². The number of aryl methyl sites for hydroxylation is 1. The van der Waals surface area contributed by atoms with E-state index in [2.05, 4.69) is 36.2 Å². The van der Waals surface area contributed by atoms with Gasteiger partial charge in [-0.2, -0.15) is 0 Å². The van der Waals surface area contributed by atoms with Crippen molar-refractivity contribution < 1.29 is 9.21 Å². The van der Waals surface area contributed by atoms with Crippen LogP contribution in [0.5, 0.6) is 0 Å². The Kier molecular flexibility index (Phi) is 4.08. The number of thioether (sulfide) groups is 1. The second-order valence-corrected chi connectivity index (χ2v) is 7.39. The highest BCUT2D eigenvalue weighted by Crippen LogP contribution is 2.47. The first-order chi connectivity index (χ1) is 10.5. The maximum Gasteiger partial charge on any atom is 0.247 e. The van der Waals surface area contributed by atoms with Crippen LogP contribution in [0.1, 0.15) is 44.6 Å². The van der Waals surface area contributed by atoms with Crippen LogP contribution in [0.2, 0.25) is 0 Å². The average Bonchev–Trinajstić information content (AvgIpc) is 3.03. The summed E-state index contributed by atoms with van der Waals surface area (Å²) in [5, 5.41) is 8.37. The van der Waals surface area contributed by atoms with Crippen molar-refractivity contribution in [2.45, 2.75) is 50.3 Å². The fourth-order valence-corrected chi connectivity index (χ4v) is 3.29. The van der Waals surface area contributed by atoms with Crippen LogP contribution in [0.3, 0.4) is 0 Å². The zero-order valence-corrected chi connectivity index (χ0v) is 14.0. The molecule has 1 aromatic heterocycles. The normalized spacial score (nSPS) is 15.8. The van der Waals surface area contributed by atoms with Crippen molar-refractivity contribution in [1.82, 2.24) is 10.2 Å². The number of Topliss-reactive ketones (excluding diaryl/α,β-unsaturated/α-hetero) is 1. The molecule has 116 valence electrons. The molecule has 1 heterocycles. The van der Waals surface area contributed by atoms with Crippen molar-refractivity contribution in [3.63, 3.8) is 0 Å². The van der Waals surface area contributed by atoms with Crippen LogP contribution in [0.25, 0.3) is 11.5 Å². The average molecular weight is 316 g/mol. The molecule has 0 bridgehead atoms. The van der Waals surface area contributed by atoms with Crippen molar-refractivity contribution in [1.29, 1.82) is 0 Å². The van der Waals surface area contributed by atoms with Crippen LogP contribution in [0, 0.1) is 6.92 Å². The van der Waals surface area contributed by atoms with Gasteiger partial charge in [-0.15, -0.1) is 22.0 Å². The Labute approximate surface area is 134 Å². The van der Waals surface area contributed by atoms with Crippen molar-refractivity contribution >= 4 is 17.5 Å². The van der Waals surface area contributed by atoms with Crippen molar-refractivity contribution in [3.8, 4) is 11.5 Å². The van der Waals surface area contributed by atoms with Gasteiger partial charge < -0.3 is 4.42 Å². The lowest BCUT2D eigenvalue weighted by Gasteiger charge is -2.06. The van der Waals surface area contributed by atoms with Gasteiger partial charge in [0.2, 0.25) is 11.8 Å². The third kappa shape index (κ3) is 3.24. The Hall–Kier alpha value is -1.62. The summed E-state index contributed by atoms with van der Waals surface area (Å²) in [6.45, 7) is 5.85. The number of benzene rings is 1. The van der Waals surface area contributed by atoms with E-state index in [1.165, 1.54) is 10.5 Å². The number of carbonyl (C=O) groups excluding carboxylic acids is 1. The molecule has 0 aliphatic heterocycles. The lowest BCUT2D eigenvalue weighted by Crippen LogP contribution is -1.99. The Morgan fingerprint density at radius 2 is 2.14 bits per heavy atom. The molecule has 0 spiro atoms. The van der Waals surface area contributed by atoms with E-state index in [4.69, 9.17) is 4.42 Å². The molecule has 0 saturated heterocycles. The second kappa shape index (κ2) is 5.88. The summed E-state index contributed by atoms with van der Waals surface area (Å²) in [6, 6.07) is 6.15. The zero-order chi connectivity index (χ0) is 15.7. The highest BCUT2D eigenvalue weighted by atomic mass is 32.2. The van der Waals surface area contributed by atoms with Gasteiger partial charge in [-0.1, -0.05) is 6.92 Å². The molecule has 22 heavy (non-hydrogen) atoms. The summed E-state index contributed by atoms with van der Waals surface area (Å²) in [4.78, 5) is 12.2. The fraction of sp³-hybridized carbons (Fsp3) is 0.471. The topological polar surface area (TPSA) is 56.0 Å². The Balaban J connectivity index is 1.73. The summed E-state index contributed by atoms with van der Waals surface area (Å²) < 4.78 is 5.83. The number of hydrogen-bond acceptors (Lipinski definition) is 5. The summed E-state index contributed by atoms with van der Waals surface area (Å²) in [5.41, 5.74) is 2.22. The van der Waals surface area contributed by atoms with Gasteiger partial charge in [0.1, 0.15) is 5.78 Å².